The number of carbonyl (C=O) groups excluding carboxylic acids is 2. The van der Waals surface area contributed by atoms with E-state index in [9.17, 15) is 39.9 Å². The molecular formula is C20H24N6O9S. The summed E-state index contributed by atoms with van der Waals surface area (Å²) in [6.07, 6.45) is -0.164. The van der Waals surface area contributed by atoms with Crippen LogP contribution in [0.1, 0.15) is 24.8 Å². The van der Waals surface area contributed by atoms with Gasteiger partial charge in [-0.25, -0.2) is 19.7 Å². The highest BCUT2D eigenvalue weighted by atomic mass is 32.2. The van der Waals surface area contributed by atoms with Crippen LogP contribution in [-0.4, -0.2) is 110 Å². The smallest absolute Gasteiger partial charge is 0.327 e. The van der Waals surface area contributed by atoms with Crippen LogP contribution in [0.4, 0.5) is 0 Å². The molecule has 1 saturated heterocycles. The van der Waals surface area contributed by atoms with Crippen molar-refractivity contribution in [3.63, 3.8) is 0 Å². The molecule has 0 saturated carbocycles. The molecule has 0 aliphatic carbocycles. The predicted octanol–water partition coefficient (Wildman–Crippen LogP) is -2.39. The molecule has 4 rings (SSSR count). The molecule has 1 aliphatic heterocycles. The topological polar surface area (TPSA) is 222 Å². The van der Waals surface area contributed by atoms with Crippen LogP contribution in [0, 0.1) is 0 Å². The number of ether oxygens (including phenoxy) is 1. The molecule has 0 bridgehead atoms. The molecule has 194 valence electrons. The van der Waals surface area contributed by atoms with Crippen LogP contribution in [0.3, 0.4) is 0 Å². The monoisotopic (exact) mass is 524 g/mol. The van der Waals surface area contributed by atoms with Gasteiger partial charge < -0.3 is 40.4 Å². The first-order valence-corrected chi connectivity index (χ1v) is 11.8. The fourth-order valence-electron chi connectivity index (χ4n) is 3.97. The zero-order chi connectivity index (χ0) is 26.1. The third-order valence-corrected chi connectivity index (χ3v) is 6.96. The Hall–Kier alpha value is -3.15. The first kappa shape index (κ1) is 25.9. The van der Waals surface area contributed by atoms with Gasteiger partial charge in [0.2, 0.25) is 5.91 Å². The molecule has 0 radical (unpaired) electrons. The Labute approximate surface area is 206 Å². The van der Waals surface area contributed by atoms with Crippen LogP contribution >= 0.6 is 11.8 Å². The second-order valence-electron chi connectivity index (χ2n) is 8.15. The van der Waals surface area contributed by atoms with Crippen molar-refractivity contribution in [1.29, 1.82) is 0 Å². The van der Waals surface area contributed by atoms with E-state index in [4.69, 9.17) is 4.74 Å². The Bertz CT molecular complexity index is 1280. The van der Waals surface area contributed by atoms with Gasteiger partial charge in [0.25, 0.3) is 0 Å². The molecule has 1 aliphatic rings. The molecule has 1 fully saturated rings. The number of carboxylic acid groups (broad SMARTS) is 1. The van der Waals surface area contributed by atoms with Gasteiger partial charge in [-0.1, -0.05) is 0 Å². The summed E-state index contributed by atoms with van der Waals surface area (Å²) in [6, 6.07) is -1.25. The first-order chi connectivity index (χ1) is 17.2. The van der Waals surface area contributed by atoms with E-state index in [1.807, 2.05) is 0 Å². The summed E-state index contributed by atoms with van der Waals surface area (Å²) in [5.41, 5.74) is -0.267. The van der Waals surface area contributed by atoms with Crippen LogP contribution in [0.2, 0.25) is 0 Å². The number of hydrogen-bond acceptors (Lipinski definition) is 12. The minimum atomic E-state index is -1.36. The summed E-state index contributed by atoms with van der Waals surface area (Å²) in [5, 5.41) is 51.8. The molecule has 7 atom stereocenters. The molecule has 0 aromatic carbocycles. The maximum Gasteiger partial charge on any atom is 0.327 e. The lowest BCUT2D eigenvalue weighted by Gasteiger charge is -2.19. The molecule has 3 aromatic heterocycles. The molecule has 6 N–H and O–H groups in total. The number of aliphatic carboxylic acids is 1. The van der Waals surface area contributed by atoms with E-state index in [2.05, 4.69) is 20.3 Å². The molecule has 3 aromatic rings. The molecule has 2 unspecified atom stereocenters. The normalized spacial score (nSPS) is 24.6. The Morgan fingerprint density at radius 1 is 1.22 bits per heavy atom. The molecule has 0 spiro atoms. The van der Waals surface area contributed by atoms with Crippen LogP contribution < -0.4 is 5.32 Å². The minimum absolute atomic E-state index is 0.186. The van der Waals surface area contributed by atoms with E-state index in [-0.39, 0.29) is 28.3 Å². The standard InChI is InChI=1S/C20H24N6O9S/c1-8(29)24-10(19(32)33)5-36-20(34)9(3-27)11-2-21-16-13-17(23-7-25(11)16)26(6-22-13)18-15(31)14(30)12(4-28)35-18/h2-3,6-7,9-10,12,14-15,18,20,28,30-31,34H,4-5H2,1H3,(H,24,29)(H,32,33)/t9?,10-,12+,14+,15+,18+,20?/m0/s1. The highest BCUT2D eigenvalue weighted by molar-refractivity contribution is 7.99. The van der Waals surface area contributed by atoms with Crippen molar-refractivity contribution in [3.05, 3.63) is 24.5 Å². The number of fused-ring (bicyclic) bond motifs is 3. The Morgan fingerprint density at radius 2 is 1.97 bits per heavy atom. The van der Waals surface area contributed by atoms with E-state index < -0.39 is 60.4 Å². The van der Waals surface area contributed by atoms with E-state index in [1.165, 1.54) is 34.7 Å². The lowest BCUT2D eigenvalue weighted by Crippen LogP contribution is -2.42. The fourth-order valence-corrected chi connectivity index (χ4v) is 4.99. The van der Waals surface area contributed by atoms with Crippen molar-refractivity contribution >= 4 is 46.7 Å². The number of nitrogens with one attached hydrogen (secondary N) is 1. The van der Waals surface area contributed by atoms with Gasteiger partial charge in [-0.3, -0.25) is 13.8 Å². The molecule has 1 amide bonds. The van der Waals surface area contributed by atoms with Gasteiger partial charge in [-0.2, -0.15) is 0 Å². The Morgan fingerprint density at radius 3 is 2.58 bits per heavy atom. The summed E-state index contributed by atoms with van der Waals surface area (Å²) in [4.78, 5) is 47.3. The largest absolute Gasteiger partial charge is 0.480 e. The summed E-state index contributed by atoms with van der Waals surface area (Å²) >= 11 is 0.781. The highest BCUT2D eigenvalue weighted by Gasteiger charge is 2.44. The highest BCUT2D eigenvalue weighted by Crippen LogP contribution is 2.33. The molecular weight excluding hydrogens is 500 g/mol. The number of aromatic nitrogens is 5. The van der Waals surface area contributed by atoms with Crippen LogP contribution in [0.25, 0.3) is 16.8 Å². The van der Waals surface area contributed by atoms with Gasteiger partial charge in [0.1, 0.15) is 42.4 Å². The SMILES string of the molecule is CC(=O)N[C@@H](CSC(O)C(C=O)c1cnc2c3ncn([C@@H]4O[C@H](CO)[C@@H](O)[C@H]4O)c3ncn12)C(=O)O. The van der Waals surface area contributed by atoms with Crippen molar-refractivity contribution in [1.82, 2.24) is 29.2 Å². The number of hydrogen-bond donors (Lipinski definition) is 6. The number of imidazole rings is 2. The van der Waals surface area contributed by atoms with E-state index >= 15 is 0 Å². The second-order valence-corrected chi connectivity index (χ2v) is 9.30. The summed E-state index contributed by atoms with van der Waals surface area (Å²) < 4.78 is 8.37. The lowest BCUT2D eigenvalue weighted by atomic mass is 10.1. The Kier molecular flexibility index (Phi) is 7.53. The van der Waals surface area contributed by atoms with Crippen LogP contribution in [0.15, 0.2) is 18.9 Å². The number of amides is 1. The van der Waals surface area contributed by atoms with Crippen LogP contribution in [0.5, 0.6) is 0 Å². The third kappa shape index (κ3) is 4.65. The van der Waals surface area contributed by atoms with Crippen molar-refractivity contribution in [2.24, 2.45) is 0 Å². The zero-order valence-electron chi connectivity index (χ0n) is 18.8. The van der Waals surface area contributed by atoms with E-state index in [1.54, 1.807) is 0 Å². The average Bonchev–Trinajstić information content (AvgIpc) is 3.53. The first-order valence-electron chi connectivity index (χ1n) is 10.7. The molecule has 36 heavy (non-hydrogen) atoms. The minimum Gasteiger partial charge on any atom is -0.480 e. The van der Waals surface area contributed by atoms with Gasteiger partial charge in [0.05, 0.1) is 30.7 Å². The van der Waals surface area contributed by atoms with Gasteiger partial charge in [0, 0.05) is 12.7 Å². The zero-order valence-corrected chi connectivity index (χ0v) is 19.6. The fraction of sp³-hybridized carbons (Fsp3) is 0.500. The van der Waals surface area contributed by atoms with Crippen molar-refractivity contribution in [2.45, 2.75) is 48.9 Å². The lowest BCUT2D eigenvalue weighted by molar-refractivity contribution is -0.140. The van der Waals surface area contributed by atoms with Crippen molar-refractivity contribution < 1.29 is 44.7 Å². The van der Waals surface area contributed by atoms with E-state index in [0.717, 1.165) is 11.8 Å². The van der Waals surface area contributed by atoms with Crippen LogP contribution in [-0.2, 0) is 19.1 Å². The van der Waals surface area contributed by atoms with Gasteiger partial charge in [-0.15, -0.1) is 11.8 Å². The summed E-state index contributed by atoms with van der Waals surface area (Å²) in [5.74, 6) is -3.12. The average molecular weight is 525 g/mol. The van der Waals surface area contributed by atoms with Gasteiger partial charge in [-0.05, 0) is 0 Å². The number of aliphatic hydroxyl groups is 4. The maximum absolute atomic E-state index is 11.9. The third-order valence-electron chi connectivity index (χ3n) is 5.80. The van der Waals surface area contributed by atoms with Gasteiger partial charge >= 0.3 is 5.97 Å². The second kappa shape index (κ2) is 10.5. The van der Waals surface area contributed by atoms with Gasteiger partial charge in [0.15, 0.2) is 23.0 Å². The quantitative estimate of drug-likeness (QED) is 0.121. The predicted molar refractivity (Wildman–Crippen MR) is 122 cm³/mol. The number of aldehydes is 1. The number of carboxylic acids is 1. The summed E-state index contributed by atoms with van der Waals surface area (Å²) in [6.45, 7) is 0.680. The number of nitrogens with zero attached hydrogens (tertiary/aromatic N) is 5. The summed E-state index contributed by atoms with van der Waals surface area (Å²) in [7, 11) is 0. The number of aliphatic hydroxyl groups excluding tert-OH is 4. The molecule has 16 heteroatoms. The molecule has 4 heterocycles. The van der Waals surface area contributed by atoms with E-state index in [0.29, 0.717) is 6.29 Å². The van der Waals surface area contributed by atoms with Crippen molar-refractivity contribution in [2.75, 3.05) is 12.4 Å². The number of carbonyl (C=O) groups is 3. The van der Waals surface area contributed by atoms with Crippen molar-refractivity contribution in [3.8, 4) is 0 Å². The number of rotatable bonds is 10. The Balaban J connectivity index is 1.60. The molecule has 15 nitrogen and oxygen atoms in total. The maximum atomic E-state index is 11.9. The number of thioether (sulfide) groups is 1.